The molecule has 1 heterocycles. The Kier molecular flexibility index (Phi) is 4.49. The lowest BCUT2D eigenvalue weighted by Crippen LogP contribution is -2.01. The fourth-order valence-corrected chi connectivity index (χ4v) is 1.99. The first kappa shape index (κ1) is 14.9. The molecule has 1 aromatic carbocycles. The molecule has 2 aromatic rings. The summed E-state index contributed by atoms with van der Waals surface area (Å²) in [5.74, 6) is -0.329. The minimum Gasteiger partial charge on any atom is -0.465 e. The summed E-state index contributed by atoms with van der Waals surface area (Å²) in [4.78, 5) is 25.5. The third-order valence-electron chi connectivity index (χ3n) is 2.51. The zero-order chi connectivity index (χ0) is 15.4. The molecule has 8 heteroatoms. The van der Waals surface area contributed by atoms with E-state index in [1.807, 2.05) is 0 Å². The average Bonchev–Trinajstić information content (AvgIpc) is 2.48. The molecule has 0 aliphatic rings. The van der Waals surface area contributed by atoms with Gasteiger partial charge in [0.1, 0.15) is 5.75 Å². The van der Waals surface area contributed by atoms with Crippen molar-refractivity contribution in [1.82, 2.24) is 4.98 Å². The van der Waals surface area contributed by atoms with Crippen molar-refractivity contribution in [2.75, 3.05) is 7.11 Å². The molecule has 0 N–H and O–H groups in total. The number of ether oxygens (including phenoxy) is 2. The summed E-state index contributed by atoms with van der Waals surface area (Å²) in [6, 6.07) is 7.21. The van der Waals surface area contributed by atoms with Gasteiger partial charge in [0.15, 0.2) is 0 Å². The van der Waals surface area contributed by atoms with Crippen LogP contribution < -0.4 is 4.74 Å². The van der Waals surface area contributed by atoms with Gasteiger partial charge in [-0.2, -0.15) is 0 Å². The highest BCUT2D eigenvalue weighted by Gasteiger charge is 2.18. The molecule has 0 saturated heterocycles. The lowest BCUT2D eigenvalue weighted by Gasteiger charge is -2.08. The van der Waals surface area contributed by atoms with E-state index in [1.54, 1.807) is 0 Å². The van der Waals surface area contributed by atoms with E-state index in [-0.39, 0.29) is 11.6 Å². The number of halogens is 1. The minimum absolute atomic E-state index is 0.131. The van der Waals surface area contributed by atoms with Gasteiger partial charge < -0.3 is 9.47 Å². The summed E-state index contributed by atoms with van der Waals surface area (Å²) in [6.45, 7) is 0. The summed E-state index contributed by atoms with van der Waals surface area (Å²) in [7, 11) is 1.28. The van der Waals surface area contributed by atoms with Gasteiger partial charge in [-0.15, -0.1) is 0 Å². The highest BCUT2D eigenvalue weighted by molar-refractivity contribution is 9.10. The van der Waals surface area contributed by atoms with E-state index in [2.05, 4.69) is 25.7 Å². The topological polar surface area (TPSA) is 91.6 Å². The number of nitro groups is 1. The van der Waals surface area contributed by atoms with Crippen LogP contribution in [0.25, 0.3) is 0 Å². The fraction of sp³-hybridized carbons (Fsp3) is 0.0769. The Morgan fingerprint density at radius 1 is 1.38 bits per heavy atom. The Balaban J connectivity index is 2.33. The Morgan fingerprint density at radius 2 is 2.14 bits per heavy atom. The van der Waals surface area contributed by atoms with Crippen LogP contribution in [0.4, 0.5) is 5.69 Å². The Bertz CT molecular complexity index is 705. The second-order valence-corrected chi connectivity index (χ2v) is 4.68. The number of carbonyl (C=O) groups is 1. The van der Waals surface area contributed by atoms with Crippen LogP contribution in [-0.4, -0.2) is 23.0 Å². The second-order valence-electron chi connectivity index (χ2n) is 3.82. The molecule has 0 fully saturated rings. The van der Waals surface area contributed by atoms with Crippen molar-refractivity contribution in [2.24, 2.45) is 0 Å². The predicted molar refractivity (Wildman–Crippen MR) is 76.4 cm³/mol. The van der Waals surface area contributed by atoms with Gasteiger partial charge in [-0.3, -0.25) is 10.1 Å². The van der Waals surface area contributed by atoms with Gasteiger partial charge in [0.25, 0.3) is 5.88 Å². The van der Waals surface area contributed by atoms with E-state index < -0.39 is 10.9 Å². The number of hydrogen-bond donors (Lipinski definition) is 0. The van der Waals surface area contributed by atoms with Gasteiger partial charge in [-0.25, -0.2) is 9.78 Å². The summed E-state index contributed by atoms with van der Waals surface area (Å²) >= 11 is 3.23. The van der Waals surface area contributed by atoms with Crippen molar-refractivity contribution in [3.05, 3.63) is 56.7 Å². The number of methoxy groups -OCH3 is 1. The van der Waals surface area contributed by atoms with Gasteiger partial charge in [-0.05, 0) is 40.2 Å². The molecule has 0 amide bonds. The maximum atomic E-state index is 11.4. The lowest BCUT2D eigenvalue weighted by atomic mass is 10.2. The largest absolute Gasteiger partial charge is 0.465 e. The molecule has 0 atom stereocenters. The van der Waals surface area contributed by atoms with Crippen molar-refractivity contribution in [3.63, 3.8) is 0 Å². The maximum absolute atomic E-state index is 11.4. The highest BCUT2D eigenvalue weighted by Crippen LogP contribution is 2.33. The number of aromatic nitrogens is 1. The fourth-order valence-electron chi connectivity index (χ4n) is 1.53. The summed E-state index contributed by atoms with van der Waals surface area (Å²) in [6.07, 6.45) is 1.39. The monoisotopic (exact) mass is 352 g/mol. The molecule has 108 valence electrons. The molecular formula is C13H9BrN2O5. The molecule has 0 bridgehead atoms. The van der Waals surface area contributed by atoms with E-state index in [4.69, 9.17) is 4.74 Å². The molecular weight excluding hydrogens is 344 g/mol. The first-order chi connectivity index (χ1) is 10.0. The Hall–Kier alpha value is -2.48. The normalized spacial score (nSPS) is 10.0. The molecule has 21 heavy (non-hydrogen) atoms. The van der Waals surface area contributed by atoms with Crippen LogP contribution in [-0.2, 0) is 4.74 Å². The minimum atomic E-state index is -0.584. The third-order valence-corrected chi connectivity index (χ3v) is 3.13. The van der Waals surface area contributed by atoms with E-state index in [0.717, 1.165) is 0 Å². The highest BCUT2D eigenvalue weighted by atomic mass is 79.9. The first-order valence-corrected chi connectivity index (χ1v) is 6.47. The predicted octanol–water partition coefficient (Wildman–Crippen LogP) is 3.33. The van der Waals surface area contributed by atoms with Crippen molar-refractivity contribution in [1.29, 1.82) is 0 Å². The number of carbonyl (C=O) groups excluding carboxylic acids is 1. The Labute approximate surface area is 127 Å². The van der Waals surface area contributed by atoms with E-state index >= 15 is 0 Å². The molecule has 0 unspecified atom stereocenters. The first-order valence-electron chi connectivity index (χ1n) is 5.68. The number of esters is 1. The summed E-state index contributed by atoms with van der Waals surface area (Å²) in [5, 5.41) is 10.9. The standard InChI is InChI=1S/C13H9BrN2O5/c1-20-13(17)8-4-5-11(9(14)7-8)21-12-10(16(18)19)3-2-6-15-12/h2-7H,1H3. The van der Waals surface area contributed by atoms with Gasteiger partial charge in [0.2, 0.25) is 0 Å². The van der Waals surface area contributed by atoms with Gasteiger partial charge in [-0.1, -0.05) is 0 Å². The van der Waals surface area contributed by atoms with Crippen molar-refractivity contribution < 1.29 is 19.2 Å². The van der Waals surface area contributed by atoms with E-state index in [9.17, 15) is 14.9 Å². The van der Waals surface area contributed by atoms with E-state index in [1.165, 1.54) is 43.6 Å². The summed E-state index contributed by atoms with van der Waals surface area (Å²) in [5.41, 5.74) is 0.0775. The van der Waals surface area contributed by atoms with Gasteiger partial charge in [0, 0.05) is 12.3 Å². The van der Waals surface area contributed by atoms with Crippen molar-refractivity contribution in [3.8, 4) is 11.6 Å². The van der Waals surface area contributed by atoms with Crippen LogP contribution in [0.3, 0.4) is 0 Å². The SMILES string of the molecule is COC(=O)c1ccc(Oc2ncccc2[N+](=O)[O-])c(Br)c1. The quantitative estimate of drug-likeness (QED) is 0.476. The second kappa shape index (κ2) is 6.31. The molecule has 7 nitrogen and oxygen atoms in total. The average molecular weight is 353 g/mol. The van der Waals surface area contributed by atoms with Crippen LogP contribution in [0.1, 0.15) is 10.4 Å². The number of benzene rings is 1. The van der Waals surface area contributed by atoms with Gasteiger partial charge >= 0.3 is 11.7 Å². The van der Waals surface area contributed by atoms with Crippen LogP contribution in [0.5, 0.6) is 11.6 Å². The van der Waals surface area contributed by atoms with Crippen molar-refractivity contribution in [2.45, 2.75) is 0 Å². The summed E-state index contributed by atoms with van der Waals surface area (Å²) < 4.78 is 10.5. The Morgan fingerprint density at radius 3 is 2.76 bits per heavy atom. The molecule has 0 radical (unpaired) electrons. The van der Waals surface area contributed by atoms with Crippen LogP contribution in [0, 0.1) is 10.1 Å². The molecule has 0 saturated carbocycles. The number of pyridine rings is 1. The number of hydrogen-bond acceptors (Lipinski definition) is 6. The molecule has 0 spiro atoms. The molecule has 0 aliphatic heterocycles. The lowest BCUT2D eigenvalue weighted by molar-refractivity contribution is -0.386. The maximum Gasteiger partial charge on any atom is 0.337 e. The number of nitrogens with zero attached hydrogens (tertiary/aromatic N) is 2. The van der Waals surface area contributed by atoms with E-state index in [0.29, 0.717) is 15.8 Å². The molecule has 0 aliphatic carbocycles. The molecule has 2 rings (SSSR count). The van der Waals surface area contributed by atoms with Gasteiger partial charge in [0.05, 0.1) is 22.1 Å². The molecule has 1 aromatic heterocycles. The smallest absolute Gasteiger partial charge is 0.337 e. The van der Waals surface area contributed by atoms with Crippen LogP contribution in [0.15, 0.2) is 41.0 Å². The van der Waals surface area contributed by atoms with Crippen LogP contribution in [0.2, 0.25) is 0 Å². The van der Waals surface area contributed by atoms with Crippen molar-refractivity contribution >= 4 is 27.6 Å². The number of rotatable bonds is 4. The zero-order valence-corrected chi connectivity index (χ0v) is 12.4. The van der Waals surface area contributed by atoms with Crippen LogP contribution >= 0.6 is 15.9 Å². The zero-order valence-electron chi connectivity index (χ0n) is 10.8. The third kappa shape index (κ3) is 3.34.